The maximum Gasteiger partial charge on any atom is 0.0933 e. The molecule has 0 amide bonds. The molecule has 0 atom stereocenters. The van der Waals surface area contributed by atoms with Crippen LogP contribution in [0.3, 0.4) is 0 Å². The zero-order valence-corrected chi connectivity index (χ0v) is 7.85. The van der Waals surface area contributed by atoms with E-state index in [4.69, 9.17) is 5.73 Å². The van der Waals surface area contributed by atoms with Crippen LogP contribution in [0.2, 0.25) is 0 Å². The van der Waals surface area contributed by atoms with Crippen molar-refractivity contribution < 1.29 is 0 Å². The molecule has 70 valence electrons. The molecule has 3 nitrogen and oxygen atoms in total. The van der Waals surface area contributed by atoms with Gasteiger partial charge in [-0.15, -0.1) is 0 Å². The van der Waals surface area contributed by atoms with Crippen molar-refractivity contribution in [2.24, 2.45) is 5.73 Å². The van der Waals surface area contributed by atoms with E-state index in [0.29, 0.717) is 5.70 Å². The first-order chi connectivity index (χ1) is 6.22. The van der Waals surface area contributed by atoms with Gasteiger partial charge in [-0.3, -0.25) is 0 Å². The first-order valence-electron chi connectivity index (χ1n) is 4.13. The van der Waals surface area contributed by atoms with Gasteiger partial charge in [-0.25, -0.2) is 0 Å². The summed E-state index contributed by atoms with van der Waals surface area (Å²) in [6, 6.07) is 0. The highest BCUT2D eigenvalue weighted by Crippen LogP contribution is 2.03. The fourth-order valence-electron chi connectivity index (χ4n) is 0.981. The van der Waals surface area contributed by atoms with Gasteiger partial charge in [0.15, 0.2) is 0 Å². The molecule has 0 radical (unpaired) electrons. The SMILES string of the molecule is C=C/C(N)=C/C=C/N1C=CN(C)C1. The Morgan fingerprint density at radius 2 is 2.31 bits per heavy atom. The Balaban J connectivity index is 2.41. The molecule has 0 aromatic heterocycles. The minimum Gasteiger partial charge on any atom is -0.399 e. The van der Waals surface area contributed by atoms with Crippen LogP contribution < -0.4 is 5.73 Å². The van der Waals surface area contributed by atoms with E-state index in [9.17, 15) is 0 Å². The number of allylic oxidation sites excluding steroid dienone is 3. The Bertz CT molecular complexity index is 263. The Hall–Kier alpha value is -1.64. The van der Waals surface area contributed by atoms with Crippen LogP contribution in [0.4, 0.5) is 0 Å². The van der Waals surface area contributed by atoms with Crippen LogP contribution in [-0.4, -0.2) is 23.5 Å². The summed E-state index contributed by atoms with van der Waals surface area (Å²) in [6.07, 6.45) is 11.3. The highest BCUT2D eigenvalue weighted by Gasteiger charge is 2.02. The molecule has 1 heterocycles. The zero-order chi connectivity index (χ0) is 9.68. The Labute approximate surface area is 79.1 Å². The topological polar surface area (TPSA) is 32.5 Å². The monoisotopic (exact) mass is 177 g/mol. The molecule has 0 spiro atoms. The van der Waals surface area contributed by atoms with Crippen LogP contribution in [0.15, 0.2) is 49.1 Å². The molecule has 1 aliphatic rings. The summed E-state index contributed by atoms with van der Waals surface area (Å²) in [5, 5.41) is 0. The predicted molar refractivity (Wildman–Crippen MR) is 55.2 cm³/mol. The summed E-state index contributed by atoms with van der Waals surface area (Å²) in [7, 11) is 2.03. The molecule has 0 saturated carbocycles. The molecule has 1 rings (SSSR count). The van der Waals surface area contributed by atoms with Gasteiger partial charge in [0.05, 0.1) is 6.67 Å². The van der Waals surface area contributed by atoms with Crippen molar-refractivity contribution in [1.29, 1.82) is 0 Å². The van der Waals surface area contributed by atoms with Crippen LogP contribution >= 0.6 is 0 Å². The van der Waals surface area contributed by atoms with Crippen LogP contribution in [0.25, 0.3) is 0 Å². The maximum absolute atomic E-state index is 5.53. The summed E-state index contributed by atoms with van der Waals surface area (Å²) in [5.74, 6) is 0. The number of nitrogens with zero attached hydrogens (tertiary/aromatic N) is 2. The van der Waals surface area contributed by atoms with Gasteiger partial charge in [0.25, 0.3) is 0 Å². The minimum absolute atomic E-state index is 0.674. The van der Waals surface area contributed by atoms with Crippen molar-refractivity contribution in [3.63, 3.8) is 0 Å². The summed E-state index contributed by atoms with van der Waals surface area (Å²) in [6.45, 7) is 4.45. The lowest BCUT2D eigenvalue weighted by Gasteiger charge is -2.12. The van der Waals surface area contributed by atoms with Crippen molar-refractivity contribution in [2.45, 2.75) is 0 Å². The van der Waals surface area contributed by atoms with Crippen molar-refractivity contribution in [3.8, 4) is 0 Å². The van der Waals surface area contributed by atoms with E-state index in [2.05, 4.69) is 16.4 Å². The Morgan fingerprint density at radius 1 is 1.54 bits per heavy atom. The first-order valence-corrected chi connectivity index (χ1v) is 4.13. The quantitative estimate of drug-likeness (QED) is 0.657. The Kier molecular flexibility index (Phi) is 3.20. The van der Waals surface area contributed by atoms with Crippen molar-refractivity contribution in [3.05, 3.63) is 49.1 Å². The number of hydrogen-bond donors (Lipinski definition) is 1. The van der Waals surface area contributed by atoms with Gasteiger partial charge in [-0.2, -0.15) is 0 Å². The molecule has 0 unspecified atom stereocenters. The zero-order valence-electron chi connectivity index (χ0n) is 7.85. The van der Waals surface area contributed by atoms with Gasteiger partial charge >= 0.3 is 0 Å². The number of nitrogens with two attached hydrogens (primary N) is 1. The molecule has 0 aliphatic carbocycles. The normalized spacial score (nSPS) is 17.5. The molecule has 0 aromatic rings. The summed E-state index contributed by atoms with van der Waals surface area (Å²) in [4.78, 5) is 4.15. The van der Waals surface area contributed by atoms with Crippen LogP contribution in [0.1, 0.15) is 0 Å². The van der Waals surface area contributed by atoms with Crippen molar-refractivity contribution in [1.82, 2.24) is 9.80 Å². The van der Waals surface area contributed by atoms with E-state index < -0.39 is 0 Å². The fourth-order valence-corrected chi connectivity index (χ4v) is 0.981. The van der Waals surface area contributed by atoms with Gasteiger partial charge < -0.3 is 15.5 Å². The molecule has 3 heteroatoms. The van der Waals surface area contributed by atoms with Gasteiger partial charge in [0.2, 0.25) is 0 Å². The highest BCUT2D eigenvalue weighted by atomic mass is 15.3. The first kappa shape index (κ1) is 9.45. The van der Waals surface area contributed by atoms with Gasteiger partial charge in [-0.1, -0.05) is 6.58 Å². The van der Waals surface area contributed by atoms with E-state index in [1.54, 1.807) is 6.08 Å². The van der Waals surface area contributed by atoms with E-state index in [1.165, 1.54) is 0 Å². The average Bonchev–Trinajstić information content (AvgIpc) is 2.51. The maximum atomic E-state index is 5.53. The molecule has 1 aliphatic heterocycles. The summed E-state index contributed by atoms with van der Waals surface area (Å²) >= 11 is 0. The Morgan fingerprint density at radius 3 is 2.85 bits per heavy atom. The second-order valence-electron chi connectivity index (χ2n) is 2.92. The van der Waals surface area contributed by atoms with Gasteiger partial charge in [0.1, 0.15) is 0 Å². The van der Waals surface area contributed by atoms with E-state index in [-0.39, 0.29) is 0 Å². The van der Waals surface area contributed by atoms with Crippen LogP contribution in [0.5, 0.6) is 0 Å². The van der Waals surface area contributed by atoms with Crippen molar-refractivity contribution >= 4 is 0 Å². The largest absolute Gasteiger partial charge is 0.399 e. The lowest BCUT2D eigenvalue weighted by atomic mass is 10.4. The molecule has 0 fully saturated rings. The highest BCUT2D eigenvalue weighted by molar-refractivity contribution is 5.18. The third kappa shape index (κ3) is 3.07. The molecule has 13 heavy (non-hydrogen) atoms. The number of hydrogen-bond acceptors (Lipinski definition) is 3. The second-order valence-corrected chi connectivity index (χ2v) is 2.92. The van der Waals surface area contributed by atoms with Crippen LogP contribution in [0, 0.1) is 0 Å². The summed E-state index contributed by atoms with van der Waals surface area (Å²) < 4.78 is 0. The standard InChI is InChI=1S/C10H15N3/c1-3-10(11)5-4-6-13-8-7-12(2)9-13/h3-8H,1,9,11H2,2H3/b6-4+,10-5-. The molecular formula is C10H15N3. The molecule has 0 bridgehead atoms. The molecular weight excluding hydrogens is 162 g/mol. The number of rotatable bonds is 3. The van der Waals surface area contributed by atoms with Gasteiger partial charge in [0, 0.05) is 31.3 Å². The molecule has 0 saturated heterocycles. The third-order valence-corrected chi connectivity index (χ3v) is 1.70. The lowest BCUT2D eigenvalue weighted by Crippen LogP contribution is -2.17. The van der Waals surface area contributed by atoms with E-state index in [0.717, 1.165) is 6.67 Å². The molecule has 2 N–H and O–H groups in total. The van der Waals surface area contributed by atoms with Gasteiger partial charge in [-0.05, 0) is 18.2 Å². The van der Waals surface area contributed by atoms with Crippen LogP contribution in [-0.2, 0) is 0 Å². The lowest BCUT2D eigenvalue weighted by molar-refractivity contribution is 0.364. The summed E-state index contributed by atoms with van der Waals surface area (Å²) in [5.41, 5.74) is 6.20. The van der Waals surface area contributed by atoms with Crippen molar-refractivity contribution in [2.75, 3.05) is 13.7 Å². The third-order valence-electron chi connectivity index (χ3n) is 1.70. The fraction of sp³-hybridized carbons (Fsp3) is 0.200. The van der Waals surface area contributed by atoms with E-state index in [1.807, 2.05) is 37.8 Å². The average molecular weight is 177 g/mol. The molecule has 0 aromatic carbocycles. The smallest absolute Gasteiger partial charge is 0.0933 e. The van der Waals surface area contributed by atoms with E-state index >= 15 is 0 Å². The minimum atomic E-state index is 0.674. The predicted octanol–water partition coefficient (Wildman–Crippen LogP) is 1.20. The second kappa shape index (κ2) is 4.40.